The number of ether oxygens (including phenoxy) is 2. The summed E-state index contributed by atoms with van der Waals surface area (Å²) in [6, 6.07) is 4.06. The van der Waals surface area contributed by atoms with Crippen molar-refractivity contribution < 1.29 is 24.2 Å². The van der Waals surface area contributed by atoms with Gasteiger partial charge in [0.15, 0.2) is 0 Å². The molecular formula is C17H26N2O5. The maximum Gasteiger partial charge on any atom is 0.321 e. The van der Waals surface area contributed by atoms with Crippen LogP contribution in [0.2, 0.25) is 0 Å². The van der Waals surface area contributed by atoms with E-state index < -0.39 is 17.9 Å². The molecule has 0 saturated carbocycles. The molecule has 1 amide bonds. The molecule has 1 atom stereocenters. The van der Waals surface area contributed by atoms with Crippen molar-refractivity contribution in [2.24, 2.45) is 5.92 Å². The maximum absolute atomic E-state index is 12.1. The average Bonchev–Trinajstić information content (AvgIpc) is 2.53. The second kappa shape index (κ2) is 9.77. The fourth-order valence-electron chi connectivity index (χ4n) is 2.08. The molecule has 24 heavy (non-hydrogen) atoms. The van der Waals surface area contributed by atoms with Crippen LogP contribution in [0.1, 0.15) is 26.7 Å². The number of carbonyl (C=O) groups is 2. The summed E-state index contributed by atoms with van der Waals surface area (Å²) in [5, 5.41) is 14.8. The maximum atomic E-state index is 12.1. The number of amides is 1. The van der Waals surface area contributed by atoms with Crippen molar-refractivity contribution in [2.45, 2.75) is 32.7 Å². The van der Waals surface area contributed by atoms with Crippen molar-refractivity contribution in [3.8, 4) is 11.5 Å². The van der Waals surface area contributed by atoms with Gasteiger partial charge >= 0.3 is 5.97 Å². The predicted octanol–water partition coefficient (Wildman–Crippen LogP) is 2.12. The first kappa shape index (κ1) is 19.8. The topological polar surface area (TPSA) is 96.9 Å². The summed E-state index contributed by atoms with van der Waals surface area (Å²) in [5.41, 5.74) is 0.467. The Bertz CT molecular complexity index is 560. The van der Waals surface area contributed by atoms with Gasteiger partial charge in [-0.3, -0.25) is 9.59 Å². The van der Waals surface area contributed by atoms with E-state index in [0.717, 1.165) is 6.42 Å². The smallest absolute Gasteiger partial charge is 0.321 e. The van der Waals surface area contributed by atoms with Gasteiger partial charge in [-0.25, -0.2) is 0 Å². The zero-order valence-corrected chi connectivity index (χ0v) is 14.6. The Morgan fingerprint density at radius 3 is 2.46 bits per heavy atom. The summed E-state index contributed by atoms with van der Waals surface area (Å²) in [5.74, 6) is 0.0637. The highest BCUT2D eigenvalue weighted by atomic mass is 16.5. The minimum atomic E-state index is -1.05. The SMILES string of the molecule is COc1ccc(NC(=O)C[C@H](NCCC(C)C)C(=O)O)c(OC)c1. The zero-order valence-electron chi connectivity index (χ0n) is 14.6. The fourth-order valence-corrected chi connectivity index (χ4v) is 2.08. The van der Waals surface area contributed by atoms with Crippen LogP contribution < -0.4 is 20.1 Å². The number of hydrogen-bond acceptors (Lipinski definition) is 5. The molecule has 0 fully saturated rings. The Morgan fingerprint density at radius 2 is 1.92 bits per heavy atom. The molecule has 0 aliphatic rings. The highest BCUT2D eigenvalue weighted by Crippen LogP contribution is 2.29. The summed E-state index contributed by atoms with van der Waals surface area (Å²) in [7, 11) is 3.02. The number of methoxy groups -OCH3 is 2. The molecule has 0 bridgehead atoms. The molecule has 0 aromatic heterocycles. The molecule has 0 heterocycles. The molecule has 7 heteroatoms. The van der Waals surface area contributed by atoms with E-state index in [9.17, 15) is 14.7 Å². The Hall–Kier alpha value is -2.28. The number of anilines is 1. The number of aliphatic carboxylic acids is 1. The summed E-state index contributed by atoms with van der Waals surface area (Å²) in [4.78, 5) is 23.4. The molecule has 3 N–H and O–H groups in total. The molecule has 0 aliphatic heterocycles. The molecule has 7 nitrogen and oxygen atoms in total. The number of carboxylic acid groups (broad SMARTS) is 1. The Labute approximate surface area is 142 Å². The van der Waals surface area contributed by atoms with E-state index in [1.807, 2.05) is 0 Å². The second-order valence-electron chi connectivity index (χ2n) is 5.85. The van der Waals surface area contributed by atoms with Crippen molar-refractivity contribution in [1.82, 2.24) is 5.32 Å². The zero-order chi connectivity index (χ0) is 18.1. The molecular weight excluding hydrogens is 312 g/mol. The van der Waals surface area contributed by atoms with Crippen molar-refractivity contribution in [3.63, 3.8) is 0 Å². The van der Waals surface area contributed by atoms with Crippen LogP contribution in [-0.2, 0) is 9.59 Å². The lowest BCUT2D eigenvalue weighted by atomic mass is 10.1. The van der Waals surface area contributed by atoms with Crippen molar-refractivity contribution in [3.05, 3.63) is 18.2 Å². The molecule has 0 saturated heterocycles. The Kier molecular flexibility index (Phi) is 8.05. The molecule has 1 rings (SSSR count). The van der Waals surface area contributed by atoms with Crippen LogP contribution in [0.15, 0.2) is 18.2 Å². The predicted molar refractivity (Wildman–Crippen MR) is 91.7 cm³/mol. The number of carboxylic acids is 1. The highest BCUT2D eigenvalue weighted by molar-refractivity contribution is 5.95. The van der Waals surface area contributed by atoms with Gasteiger partial charge in [0.05, 0.1) is 26.3 Å². The number of carbonyl (C=O) groups excluding carboxylic acids is 1. The van der Waals surface area contributed by atoms with Gasteiger partial charge in [0.1, 0.15) is 17.5 Å². The lowest BCUT2D eigenvalue weighted by Gasteiger charge is -2.16. The van der Waals surface area contributed by atoms with Crippen molar-refractivity contribution in [2.75, 3.05) is 26.1 Å². The molecule has 0 aliphatic carbocycles. The third-order valence-corrected chi connectivity index (χ3v) is 3.48. The van der Waals surface area contributed by atoms with E-state index in [2.05, 4.69) is 24.5 Å². The van der Waals surface area contributed by atoms with Gasteiger partial charge in [0.2, 0.25) is 5.91 Å². The summed E-state index contributed by atoms with van der Waals surface area (Å²) in [6.07, 6.45) is 0.681. The second-order valence-corrected chi connectivity index (χ2v) is 5.85. The van der Waals surface area contributed by atoms with Gasteiger partial charge in [-0.2, -0.15) is 0 Å². The summed E-state index contributed by atoms with van der Waals surface area (Å²) >= 11 is 0. The van der Waals surface area contributed by atoms with E-state index in [-0.39, 0.29) is 6.42 Å². The Balaban J connectivity index is 2.67. The van der Waals surface area contributed by atoms with Gasteiger partial charge in [0.25, 0.3) is 0 Å². The number of benzene rings is 1. The van der Waals surface area contributed by atoms with E-state index in [4.69, 9.17) is 9.47 Å². The fraction of sp³-hybridized carbons (Fsp3) is 0.529. The first-order valence-electron chi connectivity index (χ1n) is 7.85. The summed E-state index contributed by atoms with van der Waals surface area (Å²) < 4.78 is 10.3. The largest absolute Gasteiger partial charge is 0.497 e. The van der Waals surface area contributed by atoms with Crippen LogP contribution in [0.25, 0.3) is 0 Å². The summed E-state index contributed by atoms with van der Waals surface area (Å²) in [6.45, 7) is 4.66. The minimum Gasteiger partial charge on any atom is -0.497 e. The van der Waals surface area contributed by atoms with Gasteiger partial charge in [-0.05, 0) is 31.0 Å². The normalized spacial score (nSPS) is 11.9. The molecule has 1 aromatic carbocycles. The van der Waals surface area contributed by atoms with E-state index >= 15 is 0 Å². The molecule has 1 aromatic rings. The van der Waals surface area contributed by atoms with E-state index in [1.165, 1.54) is 14.2 Å². The van der Waals surface area contributed by atoms with E-state index in [1.54, 1.807) is 18.2 Å². The van der Waals surface area contributed by atoms with Crippen LogP contribution in [-0.4, -0.2) is 43.8 Å². The van der Waals surface area contributed by atoms with Gasteiger partial charge in [-0.1, -0.05) is 13.8 Å². The highest BCUT2D eigenvalue weighted by Gasteiger charge is 2.21. The van der Waals surface area contributed by atoms with Gasteiger partial charge < -0.3 is 25.2 Å². The van der Waals surface area contributed by atoms with Crippen LogP contribution in [0, 0.1) is 5.92 Å². The monoisotopic (exact) mass is 338 g/mol. The van der Waals surface area contributed by atoms with Crippen LogP contribution in [0.4, 0.5) is 5.69 Å². The van der Waals surface area contributed by atoms with Gasteiger partial charge in [0, 0.05) is 6.07 Å². The molecule has 0 radical (unpaired) electrons. The van der Waals surface area contributed by atoms with Crippen molar-refractivity contribution >= 4 is 17.6 Å². The molecule has 0 unspecified atom stereocenters. The number of nitrogens with one attached hydrogen (secondary N) is 2. The van der Waals surface area contributed by atoms with Crippen LogP contribution in [0.5, 0.6) is 11.5 Å². The van der Waals surface area contributed by atoms with Crippen LogP contribution >= 0.6 is 0 Å². The third-order valence-electron chi connectivity index (χ3n) is 3.48. The first-order chi connectivity index (χ1) is 11.4. The van der Waals surface area contributed by atoms with Crippen molar-refractivity contribution in [1.29, 1.82) is 0 Å². The third kappa shape index (κ3) is 6.45. The Morgan fingerprint density at radius 1 is 1.21 bits per heavy atom. The van der Waals surface area contributed by atoms with E-state index in [0.29, 0.717) is 29.6 Å². The van der Waals surface area contributed by atoms with Gasteiger partial charge in [-0.15, -0.1) is 0 Å². The molecule has 0 spiro atoms. The number of rotatable bonds is 10. The minimum absolute atomic E-state index is 0.164. The van der Waals surface area contributed by atoms with Crippen LogP contribution in [0.3, 0.4) is 0 Å². The number of hydrogen-bond donors (Lipinski definition) is 3. The quantitative estimate of drug-likeness (QED) is 0.605. The standard InChI is InChI=1S/C17H26N2O5/c1-11(2)7-8-18-14(17(21)22)10-16(20)19-13-6-5-12(23-3)9-15(13)24-4/h5-6,9,11,14,18H,7-8,10H2,1-4H3,(H,19,20)(H,21,22)/t14-/m0/s1. The lowest BCUT2D eigenvalue weighted by molar-refractivity contribution is -0.141. The lowest BCUT2D eigenvalue weighted by Crippen LogP contribution is -2.40. The molecule has 134 valence electrons. The first-order valence-corrected chi connectivity index (χ1v) is 7.85. The average molecular weight is 338 g/mol.